The van der Waals surface area contributed by atoms with Crippen LogP contribution in [0, 0.1) is 12.7 Å². The zero-order chi connectivity index (χ0) is 14.7. The lowest BCUT2D eigenvalue weighted by atomic mass is 10.1. The van der Waals surface area contributed by atoms with E-state index < -0.39 is 23.3 Å². The molecular formula is C14H11FN2O3. The Morgan fingerprint density at radius 2 is 2.00 bits per heavy atom. The first-order chi connectivity index (χ1) is 9.50. The van der Waals surface area contributed by atoms with Gasteiger partial charge in [-0.2, -0.15) is 0 Å². The quantitative estimate of drug-likeness (QED) is 0.901. The monoisotopic (exact) mass is 274 g/mol. The number of carboxylic acid groups (broad SMARTS) is 1. The molecule has 102 valence electrons. The van der Waals surface area contributed by atoms with E-state index >= 15 is 0 Å². The Kier molecular flexibility index (Phi) is 3.74. The Labute approximate surface area is 114 Å². The van der Waals surface area contributed by atoms with E-state index in [0.717, 1.165) is 6.07 Å². The summed E-state index contributed by atoms with van der Waals surface area (Å²) in [6.45, 7) is 1.70. The van der Waals surface area contributed by atoms with E-state index in [-0.39, 0.29) is 11.4 Å². The third kappa shape index (κ3) is 2.64. The fourth-order valence-corrected chi connectivity index (χ4v) is 1.75. The predicted octanol–water partition coefficient (Wildman–Crippen LogP) is 2.48. The summed E-state index contributed by atoms with van der Waals surface area (Å²) in [5, 5.41) is 11.3. The minimum absolute atomic E-state index is 0.104. The predicted molar refractivity (Wildman–Crippen MR) is 70.3 cm³/mol. The fraction of sp³-hybridized carbons (Fsp3) is 0.0714. The molecule has 5 nitrogen and oxygen atoms in total. The van der Waals surface area contributed by atoms with E-state index in [1.165, 1.54) is 18.3 Å². The van der Waals surface area contributed by atoms with Crippen LogP contribution in [0.2, 0.25) is 0 Å². The highest BCUT2D eigenvalue weighted by atomic mass is 19.1. The molecule has 1 aromatic heterocycles. The molecule has 2 rings (SSSR count). The first-order valence-electron chi connectivity index (χ1n) is 5.75. The summed E-state index contributed by atoms with van der Waals surface area (Å²) < 4.78 is 13.5. The second-order valence-corrected chi connectivity index (χ2v) is 4.09. The number of benzene rings is 1. The molecule has 0 bridgehead atoms. The van der Waals surface area contributed by atoms with Crippen molar-refractivity contribution in [1.82, 2.24) is 4.98 Å². The van der Waals surface area contributed by atoms with E-state index in [0.29, 0.717) is 5.56 Å². The lowest BCUT2D eigenvalue weighted by Gasteiger charge is -2.09. The highest BCUT2D eigenvalue weighted by molar-refractivity contribution is 6.07. The molecule has 1 amide bonds. The Balaban J connectivity index is 2.36. The lowest BCUT2D eigenvalue weighted by molar-refractivity contribution is 0.0693. The van der Waals surface area contributed by atoms with Crippen molar-refractivity contribution < 1.29 is 19.1 Å². The zero-order valence-electron chi connectivity index (χ0n) is 10.6. The third-order valence-corrected chi connectivity index (χ3v) is 2.70. The summed E-state index contributed by atoms with van der Waals surface area (Å²) in [7, 11) is 0. The Bertz CT molecular complexity index is 686. The fourth-order valence-electron chi connectivity index (χ4n) is 1.75. The molecular weight excluding hydrogens is 263 g/mol. The van der Waals surface area contributed by atoms with Crippen LogP contribution in [0.4, 0.5) is 10.1 Å². The molecule has 1 aromatic carbocycles. The van der Waals surface area contributed by atoms with Crippen LogP contribution in [-0.2, 0) is 0 Å². The second-order valence-electron chi connectivity index (χ2n) is 4.09. The van der Waals surface area contributed by atoms with E-state index in [2.05, 4.69) is 10.3 Å². The van der Waals surface area contributed by atoms with Gasteiger partial charge >= 0.3 is 5.97 Å². The summed E-state index contributed by atoms with van der Waals surface area (Å²) in [4.78, 5) is 27.0. The number of carbonyl (C=O) groups excluding carboxylic acids is 1. The maximum absolute atomic E-state index is 13.5. The van der Waals surface area contributed by atoms with E-state index in [1.54, 1.807) is 19.1 Å². The van der Waals surface area contributed by atoms with Crippen LogP contribution in [0.5, 0.6) is 0 Å². The topological polar surface area (TPSA) is 79.3 Å². The minimum Gasteiger partial charge on any atom is -0.478 e. The van der Waals surface area contributed by atoms with Gasteiger partial charge in [0.15, 0.2) is 0 Å². The van der Waals surface area contributed by atoms with Crippen LogP contribution in [0.15, 0.2) is 36.5 Å². The van der Waals surface area contributed by atoms with Crippen molar-refractivity contribution in [2.45, 2.75) is 6.92 Å². The van der Waals surface area contributed by atoms with Gasteiger partial charge in [0.1, 0.15) is 17.1 Å². The number of anilines is 1. The molecule has 0 spiro atoms. The third-order valence-electron chi connectivity index (χ3n) is 2.70. The number of aromatic carboxylic acids is 1. The van der Waals surface area contributed by atoms with Gasteiger partial charge in [-0.1, -0.05) is 12.1 Å². The standard InChI is InChI=1S/C14H11FN2O3/c1-8-4-3-7-16-12(8)13(18)17-10-6-2-5-9(15)11(10)14(19)20/h2-7H,1H3,(H,17,18)(H,19,20). The van der Waals surface area contributed by atoms with Crippen molar-refractivity contribution >= 4 is 17.6 Å². The van der Waals surface area contributed by atoms with Crippen molar-refractivity contribution in [3.05, 3.63) is 59.2 Å². The van der Waals surface area contributed by atoms with Gasteiger partial charge in [0.2, 0.25) is 0 Å². The van der Waals surface area contributed by atoms with E-state index in [1.807, 2.05) is 0 Å². The Hall–Kier alpha value is -2.76. The van der Waals surface area contributed by atoms with Gasteiger partial charge in [-0.15, -0.1) is 0 Å². The zero-order valence-corrected chi connectivity index (χ0v) is 10.6. The summed E-state index contributed by atoms with van der Waals surface area (Å²) in [6, 6.07) is 7.04. The molecule has 0 unspecified atom stereocenters. The number of nitrogens with one attached hydrogen (secondary N) is 1. The highest BCUT2D eigenvalue weighted by Crippen LogP contribution is 2.20. The number of rotatable bonds is 3. The second kappa shape index (κ2) is 5.48. The smallest absolute Gasteiger partial charge is 0.340 e. The first-order valence-corrected chi connectivity index (χ1v) is 5.75. The van der Waals surface area contributed by atoms with E-state index in [4.69, 9.17) is 5.11 Å². The Morgan fingerprint density at radius 1 is 1.25 bits per heavy atom. The van der Waals surface area contributed by atoms with Crippen LogP contribution in [0.25, 0.3) is 0 Å². The number of hydrogen-bond acceptors (Lipinski definition) is 3. The number of pyridine rings is 1. The van der Waals surface area contributed by atoms with Crippen LogP contribution in [0.3, 0.4) is 0 Å². The summed E-state index contributed by atoms with van der Waals surface area (Å²) in [5.74, 6) is -2.94. The number of halogens is 1. The molecule has 2 N–H and O–H groups in total. The molecule has 0 aliphatic heterocycles. The van der Waals surface area contributed by atoms with Crippen molar-refractivity contribution in [2.24, 2.45) is 0 Å². The van der Waals surface area contributed by atoms with Crippen molar-refractivity contribution in [2.75, 3.05) is 5.32 Å². The van der Waals surface area contributed by atoms with Gasteiger partial charge in [-0.3, -0.25) is 9.78 Å². The average molecular weight is 274 g/mol. The van der Waals surface area contributed by atoms with Crippen LogP contribution >= 0.6 is 0 Å². The number of aromatic nitrogens is 1. The maximum Gasteiger partial charge on any atom is 0.340 e. The highest BCUT2D eigenvalue weighted by Gasteiger charge is 2.18. The number of aryl methyl sites for hydroxylation is 1. The number of nitrogens with zero attached hydrogens (tertiary/aromatic N) is 1. The largest absolute Gasteiger partial charge is 0.478 e. The molecule has 0 saturated heterocycles. The first kappa shape index (κ1) is 13.7. The number of carbonyl (C=O) groups is 2. The van der Waals surface area contributed by atoms with Gasteiger partial charge < -0.3 is 10.4 Å². The number of hydrogen-bond donors (Lipinski definition) is 2. The van der Waals surface area contributed by atoms with Crippen LogP contribution < -0.4 is 5.32 Å². The molecule has 20 heavy (non-hydrogen) atoms. The van der Waals surface area contributed by atoms with Crippen molar-refractivity contribution in [3.63, 3.8) is 0 Å². The van der Waals surface area contributed by atoms with Gasteiger partial charge in [0, 0.05) is 6.20 Å². The molecule has 0 aliphatic rings. The molecule has 0 aliphatic carbocycles. The molecule has 0 saturated carbocycles. The van der Waals surface area contributed by atoms with Crippen molar-refractivity contribution in [1.29, 1.82) is 0 Å². The number of carboxylic acids is 1. The maximum atomic E-state index is 13.5. The lowest BCUT2D eigenvalue weighted by Crippen LogP contribution is -2.18. The van der Waals surface area contributed by atoms with Crippen LogP contribution in [0.1, 0.15) is 26.4 Å². The molecule has 0 atom stereocenters. The Morgan fingerprint density at radius 3 is 2.65 bits per heavy atom. The number of amides is 1. The normalized spacial score (nSPS) is 10.1. The average Bonchev–Trinajstić information content (AvgIpc) is 2.38. The molecule has 1 heterocycles. The van der Waals surface area contributed by atoms with Gasteiger partial charge in [0.05, 0.1) is 5.69 Å². The molecule has 0 fully saturated rings. The molecule has 0 radical (unpaired) electrons. The summed E-state index contributed by atoms with van der Waals surface area (Å²) in [5.41, 5.74) is 0.119. The molecule has 2 aromatic rings. The SMILES string of the molecule is Cc1cccnc1C(=O)Nc1cccc(F)c1C(=O)O. The molecule has 6 heteroatoms. The summed E-state index contributed by atoms with van der Waals surface area (Å²) >= 11 is 0. The van der Waals surface area contributed by atoms with Crippen LogP contribution in [-0.4, -0.2) is 22.0 Å². The summed E-state index contributed by atoms with van der Waals surface area (Å²) in [6.07, 6.45) is 1.45. The van der Waals surface area contributed by atoms with E-state index in [9.17, 15) is 14.0 Å². The van der Waals surface area contributed by atoms with Crippen molar-refractivity contribution in [3.8, 4) is 0 Å². The van der Waals surface area contributed by atoms with Gasteiger partial charge in [-0.25, -0.2) is 9.18 Å². The van der Waals surface area contributed by atoms with Gasteiger partial charge in [0.25, 0.3) is 5.91 Å². The minimum atomic E-state index is -1.45. The van der Waals surface area contributed by atoms with Gasteiger partial charge in [-0.05, 0) is 30.7 Å².